The second-order valence-corrected chi connectivity index (χ2v) is 7.28. The summed E-state index contributed by atoms with van der Waals surface area (Å²) in [7, 11) is 0. The van der Waals surface area contributed by atoms with Gasteiger partial charge in [0.05, 0.1) is 17.6 Å². The molecule has 144 valence electrons. The predicted molar refractivity (Wildman–Crippen MR) is 98.7 cm³/mol. The molecule has 0 atom stereocenters. The average Bonchev–Trinajstić information content (AvgIpc) is 3.14. The van der Waals surface area contributed by atoms with Crippen molar-refractivity contribution < 1.29 is 4.79 Å². The van der Waals surface area contributed by atoms with Crippen molar-refractivity contribution in [1.82, 2.24) is 29.7 Å². The van der Waals surface area contributed by atoms with E-state index < -0.39 is 11.2 Å². The SMILES string of the molecule is CCCN1CCc2[nH]cnc2C12CCN(C(=O)c1c[nH]c(=O)[nH]c1=O)CC2. The average molecular weight is 372 g/mol. The molecule has 4 rings (SSSR count). The molecular formula is C18H24N6O3. The zero-order valence-corrected chi connectivity index (χ0v) is 15.4. The number of carbonyl (C=O) groups excluding carboxylic acids is 1. The number of aromatic nitrogens is 4. The van der Waals surface area contributed by atoms with E-state index in [2.05, 4.69) is 31.8 Å². The van der Waals surface area contributed by atoms with Crippen LogP contribution in [0.2, 0.25) is 0 Å². The minimum atomic E-state index is -0.649. The van der Waals surface area contributed by atoms with Gasteiger partial charge in [-0.1, -0.05) is 6.92 Å². The van der Waals surface area contributed by atoms with Crippen LogP contribution in [-0.4, -0.2) is 61.8 Å². The number of amides is 1. The molecule has 2 aliphatic rings. The molecule has 0 radical (unpaired) electrons. The minimum Gasteiger partial charge on any atom is -0.348 e. The maximum absolute atomic E-state index is 12.8. The fraction of sp³-hybridized carbons (Fsp3) is 0.556. The molecule has 1 fully saturated rings. The molecule has 2 aromatic heterocycles. The van der Waals surface area contributed by atoms with Crippen molar-refractivity contribution >= 4 is 5.91 Å². The van der Waals surface area contributed by atoms with Crippen molar-refractivity contribution in [1.29, 1.82) is 0 Å². The number of hydrogen-bond donors (Lipinski definition) is 3. The van der Waals surface area contributed by atoms with Crippen LogP contribution in [0.5, 0.6) is 0 Å². The number of nitrogens with one attached hydrogen (secondary N) is 3. The standard InChI is InChI=1S/C18H24N6O3/c1-2-6-24-7-3-13-14(21-11-20-13)18(24)4-8-23(9-5-18)16(26)12-10-19-17(27)22-15(12)25/h10-11H,2-9H2,1H3,(H,20,21)(H2,19,22,25,27). The van der Waals surface area contributed by atoms with E-state index >= 15 is 0 Å². The van der Waals surface area contributed by atoms with Crippen LogP contribution in [0, 0.1) is 0 Å². The number of aromatic amines is 3. The van der Waals surface area contributed by atoms with Gasteiger partial charge < -0.3 is 14.9 Å². The molecule has 0 unspecified atom stereocenters. The smallest absolute Gasteiger partial charge is 0.325 e. The first-order chi connectivity index (χ1) is 13.0. The van der Waals surface area contributed by atoms with Crippen molar-refractivity contribution in [2.75, 3.05) is 26.2 Å². The van der Waals surface area contributed by atoms with Crippen LogP contribution in [-0.2, 0) is 12.0 Å². The fourth-order valence-corrected chi connectivity index (χ4v) is 4.49. The van der Waals surface area contributed by atoms with Crippen LogP contribution in [0.4, 0.5) is 0 Å². The van der Waals surface area contributed by atoms with Crippen molar-refractivity contribution in [2.45, 2.75) is 38.1 Å². The van der Waals surface area contributed by atoms with Crippen molar-refractivity contribution in [3.63, 3.8) is 0 Å². The molecule has 9 heteroatoms. The summed E-state index contributed by atoms with van der Waals surface area (Å²) < 4.78 is 0. The largest absolute Gasteiger partial charge is 0.348 e. The van der Waals surface area contributed by atoms with Gasteiger partial charge in [0.15, 0.2) is 0 Å². The number of likely N-dealkylation sites (tertiary alicyclic amines) is 1. The summed E-state index contributed by atoms with van der Waals surface area (Å²) in [6, 6.07) is 0. The highest BCUT2D eigenvalue weighted by Gasteiger charge is 2.46. The Morgan fingerprint density at radius 1 is 1.22 bits per heavy atom. The van der Waals surface area contributed by atoms with Crippen molar-refractivity contribution in [3.8, 4) is 0 Å². The molecule has 0 saturated carbocycles. The third-order valence-corrected chi connectivity index (χ3v) is 5.82. The Labute approximate surface area is 155 Å². The molecule has 2 aromatic rings. The van der Waals surface area contributed by atoms with Gasteiger partial charge >= 0.3 is 5.69 Å². The fourth-order valence-electron chi connectivity index (χ4n) is 4.49. The number of hydrogen-bond acceptors (Lipinski definition) is 5. The molecule has 0 aromatic carbocycles. The van der Waals surface area contributed by atoms with Crippen LogP contribution in [0.15, 0.2) is 22.1 Å². The van der Waals surface area contributed by atoms with Crippen molar-refractivity contribution in [3.05, 3.63) is 50.3 Å². The molecule has 1 saturated heterocycles. The number of nitrogens with zero attached hydrogens (tertiary/aromatic N) is 3. The molecule has 4 heterocycles. The van der Waals surface area contributed by atoms with Gasteiger partial charge in [-0.25, -0.2) is 9.78 Å². The molecule has 9 nitrogen and oxygen atoms in total. The van der Waals surface area contributed by atoms with Crippen LogP contribution in [0.3, 0.4) is 0 Å². The predicted octanol–water partition coefficient (Wildman–Crippen LogP) is 0.186. The zero-order valence-electron chi connectivity index (χ0n) is 15.4. The second-order valence-electron chi connectivity index (χ2n) is 7.28. The van der Waals surface area contributed by atoms with E-state index in [0.29, 0.717) is 13.1 Å². The van der Waals surface area contributed by atoms with E-state index in [1.54, 1.807) is 11.2 Å². The van der Waals surface area contributed by atoms with E-state index in [1.165, 1.54) is 11.9 Å². The summed E-state index contributed by atoms with van der Waals surface area (Å²) in [5.41, 5.74) is 0.856. The van der Waals surface area contributed by atoms with E-state index in [-0.39, 0.29) is 17.0 Å². The van der Waals surface area contributed by atoms with Gasteiger partial charge in [-0.15, -0.1) is 0 Å². The Morgan fingerprint density at radius 2 is 2.00 bits per heavy atom. The van der Waals surface area contributed by atoms with E-state index in [0.717, 1.165) is 44.5 Å². The molecule has 1 spiro atoms. The molecule has 0 bridgehead atoms. The minimum absolute atomic E-state index is 0.0277. The Kier molecular flexibility index (Phi) is 4.47. The van der Waals surface area contributed by atoms with Gasteiger partial charge in [0.25, 0.3) is 11.5 Å². The number of H-pyrrole nitrogens is 3. The first-order valence-corrected chi connectivity index (χ1v) is 9.44. The maximum Gasteiger partial charge on any atom is 0.325 e. The lowest BCUT2D eigenvalue weighted by atomic mass is 9.78. The third-order valence-electron chi connectivity index (χ3n) is 5.82. The van der Waals surface area contributed by atoms with E-state index in [4.69, 9.17) is 0 Å². The molecule has 27 heavy (non-hydrogen) atoms. The summed E-state index contributed by atoms with van der Waals surface area (Å²) in [5, 5.41) is 0. The summed E-state index contributed by atoms with van der Waals surface area (Å²) in [4.78, 5) is 52.4. The van der Waals surface area contributed by atoms with Crippen LogP contribution >= 0.6 is 0 Å². The highest BCUT2D eigenvalue weighted by Crippen LogP contribution is 2.42. The lowest BCUT2D eigenvalue weighted by Crippen LogP contribution is -2.57. The van der Waals surface area contributed by atoms with Gasteiger partial charge in [0, 0.05) is 37.9 Å². The molecule has 3 N–H and O–H groups in total. The zero-order chi connectivity index (χ0) is 19.0. The summed E-state index contributed by atoms with van der Waals surface area (Å²) in [6.07, 6.45) is 6.54. The topological polar surface area (TPSA) is 118 Å². The Morgan fingerprint density at radius 3 is 2.70 bits per heavy atom. The third kappa shape index (κ3) is 2.91. The number of carbonyl (C=O) groups is 1. The number of rotatable bonds is 3. The van der Waals surface area contributed by atoms with Crippen LogP contribution < -0.4 is 11.2 Å². The second kappa shape index (κ2) is 6.80. The number of imidazole rings is 1. The number of piperidine rings is 1. The van der Waals surface area contributed by atoms with E-state index in [9.17, 15) is 14.4 Å². The molecular weight excluding hydrogens is 348 g/mol. The van der Waals surface area contributed by atoms with Crippen LogP contribution in [0.25, 0.3) is 0 Å². The maximum atomic E-state index is 12.8. The summed E-state index contributed by atoms with van der Waals surface area (Å²) >= 11 is 0. The lowest BCUT2D eigenvalue weighted by Gasteiger charge is -2.50. The number of fused-ring (bicyclic) bond motifs is 2. The van der Waals surface area contributed by atoms with Gasteiger partial charge in [0.1, 0.15) is 5.56 Å². The van der Waals surface area contributed by atoms with Gasteiger partial charge in [-0.2, -0.15) is 0 Å². The molecule has 2 aliphatic heterocycles. The lowest BCUT2D eigenvalue weighted by molar-refractivity contribution is 0.00701. The summed E-state index contributed by atoms with van der Waals surface area (Å²) in [6.45, 7) is 5.25. The van der Waals surface area contributed by atoms with Crippen LogP contribution in [0.1, 0.15) is 47.9 Å². The van der Waals surface area contributed by atoms with Crippen molar-refractivity contribution in [2.24, 2.45) is 0 Å². The molecule has 1 amide bonds. The molecule has 0 aliphatic carbocycles. The summed E-state index contributed by atoms with van der Waals surface area (Å²) in [5.74, 6) is -0.345. The van der Waals surface area contributed by atoms with Gasteiger partial charge in [-0.05, 0) is 25.8 Å². The highest BCUT2D eigenvalue weighted by atomic mass is 16.2. The highest BCUT2D eigenvalue weighted by molar-refractivity contribution is 5.93. The monoisotopic (exact) mass is 372 g/mol. The Bertz CT molecular complexity index is 950. The van der Waals surface area contributed by atoms with Gasteiger partial charge in [0.2, 0.25) is 0 Å². The quantitative estimate of drug-likeness (QED) is 0.711. The first-order valence-electron chi connectivity index (χ1n) is 9.44. The normalized spacial score (nSPS) is 19.2. The van der Waals surface area contributed by atoms with E-state index in [1.807, 2.05) is 0 Å². The van der Waals surface area contributed by atoms with Gasteiger partial charge in [-0.3, -0.25) is 19.5 Å². The Hall–Kier alpha value is -2.68. The first kappa shape index (κ1) is 17.7. The Balaban J connectivity index is 1.58.